The topological polar surface area (TPSA) is 47.0 Å². The van der Waals surface area contributed by atoms with E-state index < -0.39 is 0 Å². The maximum Gasteiger partial charge on any atom is 0.254 e. The van der Waals surface area contributed by atoms with Crippen LogP contribution in [0.15, 0.2) is 48.5 Å². The largest absolute Gasteiger partial charge is 0.508 e. The molecule has 190 valence electrons. The van der Waals surface area contributed by atoms with Crippen LogP contribution in [0, 0.1) is 22.7 Å². The number of amides is 1. The van der Waals surface area contributed by atoms with E-state index in [1.165, 1.54) is 17.5 Å². The van der Waals surface area contributed by atoms with Gasteiger partial charge >= 0.3 is 0 Å². The summed E-state index contributed by atoms with van der Waals surface area (Å²) in [7, 11) is 4.33. The number of fused-ring (bicyclic) bond motifs is 3. The fraction of sp³-hybridized carbons (Fsp3) is 0.581. The summed E-state index contributed by atoms with van der Waals surface area (Å²) in [6.07, 6.45) is 3.27. The molecule has 3 aliphatic carbocycles. The number of aromatic hydroxyl groups is 1. The van der Waals surface area contributed by atoms with Crippen LogP contribution in [-0.2, 0) is 11.8 Å². The molecule has 1 N–H and O–H groups in total. The monoisotopic (exact) mass is 485 g/mol. The van der Waals surface area contributed by atoms with E-state index in [-0.39, 0.29) is 28.2 Å². The molecule has 7 rings (SSSR count). The van der Waals surface area contributed by atoms with Gasteiger partial charge in [0.2, 0.25) is 0 Å². The molecular formula is C31H39N3O2. The Hall–Kier alpha value is -2.37. The lowest BCUT2D eigenvalue weighted by Crippen LogP contribution is -2.89. The molecule has 1 amide bonds. The van der Waals surface area contributed by atoms with Crippen molar-refractivity contribution in [1.82, 2.24) is 14.7 Å². The van der Waals surface area contributed by atoms with Crippen LogP contribution in [0.4, 0.5) is 0 Å². The lowest BCUT2D eigenvalue weighted by atomic mass is 9.29. The van der Waals surface area contributed by atoms with E-state index in [0.29, 0.717) is 23.6 Å². The molecule has 5 nitrogen and oxygen atoms in total. The smallest absolute Gasteiger partial charge is 0.254 e. The molecule has 6 unspecified atom stereocenters. The van der Waals surface area contributed by atoms with Gasteiger partial charge in [0, 0.05) is 54.7 Å². The third kappa shape index (κ3) is 2.42. The van der Waals surface area contributed by atoms with Crippen LogP contribution in [-0.4, -0.2) is 78.1 Å². The number of rotatable bonds is 5. The summed E-state index contributed by atoms with van der Waals surface area (Å²) in [5.41, 5.74) is 4.13. The van der Waals surface area contributed by atoms with E-state index >= 15 is 0 Å². The van der Waals surface area contributed by atoms with Gasteiger partial charge in [0.1, 0.15) is 5.75 Å². The number of hydrogen-bond acceptors (Lipinski definition) is 4. The first kappa shape index (κ1) is 22.8. The number of phenols is 1. The van der Waals surface area contributed by atoms with Crippen molar-refractivity contribution in [3.8, 4) is 5.75 Å². The Morgan fingerprint density at radius 2 is 1.94 bits per heavy atom. The SMILES string of the molecule is CCC1C2[C@@H](CN1C(=O)c1ccccc1)CC1(C)C3N(CCN(C)C)CC34Cc3ccc(O)cc3C214. The molecule has 4 fully saturated rings. The van der Waals surface area contributed by atoms with E-state index in [4.69, 9.17) is 0 Å². The molecule has 5 heteroatoms. The molecule has 2 heterocycles. The molecule has 5 aliphatic rings. The first-order valence-electron chi connectivity index (χ1n) is 13.9. The highest BCUT2D eigenvalue weighted by molar-refractivity contribution is 5.94. The normalized spacial score (nSPS) is 39.6. The standard InChI is InChI=1S/C31H39N3O2/c1-5-25-26-22(18-34(25)27(36)20-9-7-6-8-10-20)16-29(2)28-30(19-33(28)14-13-32(3)4)17-21-11-12-23(35)15-24(21)31(26,29)30/h6-12,15,22,25-26,28,35H,5,13-14,16-19H2,1-4H3/t22-,25?,26?,28?,29?,30?,31?/m1/s1. The van der Waals surface area contributed by atoms with Gasteiger partial charge in [0.15, 0.2) is 0 Å². The number of hydrogen-bond donors (Lipinski definition) is 1. The number of carbonyl (C=O) groups is 1. The van der Waals surface area contributed by atoms with Crippen LogP contribution in [0.2, 0.25) is 0 Å². The van der Waals surface area contributed by atoms with Crippen LogP contribution in [0.3, 0.4) is 0 Å². The summed E-state index contributed by atoms with van der Waals surface area (Å²) in [5.74, 6) is 1.55. The molecule has 0 radical (unpaired) electrons. The van der Waals surface area contributed by atoms with Crippen molar-refractivity contribution in [2.45, 2.75) is 50.6 Å². The maximum atomic E-state index is 13.8. The molecule has 2 aliphatic heterocycles. The summed E-state index contributed by atoms with van der Waals surface area (Å²) in [5, 5.41) is 10.7. The van der Waals surface area contributed by atoms with Gasteiger partial charge in [-0.25, -0.2) is 0 Å². The zero-order valence-electron chi connectivity index (χ0n) is 22.1. The molecule has 36 heavy (non-hydrogen) atoms. The second-order valence-electron chi connectivity index (χ2n) is 12.9. The number of likely N-dealkylation sites (N-methyl/N-ethyl adjacent to an activating group) is 1. The fourth-order valence-corrected chi connectivity index (χ4v) is 10.7. The van der Waals surface area contributed by atoms with Crippen molar-refractivity contribution >= 4 is 5.91 Å². The zero-order valence-corrected chi connectivity index (χ0v) is 22.1. The highest BCUT2D eigenvalue weighted by Gasteiger charge is 2.91. The Labute approximate surface area is 215 Å². The number of likely N-dealkylation sites (tertiary alicyclic amines) is 2. The number of phenolic OH excluding ortho intramolecular Hbond substituents is 1. The molecule has 2 aromatic rings. The van der Waals surface area contributed by atoms with Crippen molar-refractivity contribution in [2.75, 3.05) is 40.3 Å². The van der Waals surface area contributed by atoms with Gasteiger partial charge in [-0.1, -0.05) is 38.1 Å². The zero-order chi connectivity index (χ0) is 25.0. The summed E-state index contributed by atoms with van der Waals surface area (Å²) >= 11 is 0. The molecule has 2 aromatic carbocycles. The Morgan fingerprint density at radius 3 is 2.67 bits per heavy atom. The average molecular weight is 486 g/mol. The van der Waals surface area contributed by atoms with E-state index in [1.54, 1.807) is 0 Å². The van der Waals surface area contributed by atoms with Crippen molar-refractivity contribution in [1.29, 1.82) is 0 Å². The van der Waals surface area contributed by atoms with Crippen LogP contribution in [0.1, 0.15) is 48.2 Å². The Bertz CT molecular complexity index is 1220. The van der Waals surface area contributed by atoms with Crippen LogP contribution >= 0.6 is 0 Å². The first-order chi connectivity index (χ1) is 17.3. The maximum absolute atomic E-state index is 13.8. The van der Waals surface area contributed by atoms with Crippen molar-refractivity contribution in [2.24, 2.45) is 22.7 Å². The van der Waals surface area contributed by atoms with Gasteiger partial charge in [0.05, 0.1) is 0 Å². The van der Waals surface area contributed by atoms with E-state index in [2.05, 4.69) is 54.8 Å². The van der Waals surface area contributed by atoms with Gasteiger partial charge in [0.25, 0.3) is 5.91 Å². The Kier molecular flexibility index (Phi) is 4.66. The predicted molar refractivity (Wildman–Crippen MR) is 141 cm³/mol. The third-order valence-electron chi connectivity index (χ3n) is 11.2. The number of piperidine rings is 1. The quantitative estimate of drug-likeness (QED) is 0.695. The Balaban J connectivity index is 1.33. The second kappa shape index (κ2) is 7.35. The van der Waals surface area contributed by atoms with Crippen molar-refractivity contribution in [3.05, 3.63) is 65.2 Å². The first-order valence-corrected chi connectivity index (χ1v) is 13.9. The number of carbonyl (C=O) groups excluding carboxylic acids is 1. The van der Waals surface area contributed by atoms with Crippen LogP contribution in [0.5, 0.6) is 5.75 Å². The predicted octanol–water partition coefficient (Wildman–Crippen LogP) is 4.01. The van der Waals surface area contributed by atoms with Gasteiger partial charge in [-0.05, 0) is 86.0 Å². The van der Waals surface area contributed by atoms with Gasteiger partial charge < -0.3 is 14.9 Å². The molecular weight excluding hydrogens is 446 g/mol. The molecule has 0 bridgehead atoms. The fourth-order valence-electron chi connectivity index (χ4n) is 10.7. The molecule has 2 spiro atoms. The lowest BCUT2D eigenvalue weighted by Gasteiger charge is -2.82. The summed E-state index contributed by atoms with van der Waals surface area (Å²) in [6.45, 7) is 9.05. The minimum absolute atomic E-state index is 0.0460. The summed E-state index contributed by atoms with van der Waals surface area (Å²) in [6, 6.07) is 16.9. The number of benzene rings is 2. The number of nitrogens with zero attached hydrogens (tertiary/aromatic N) is 3. The highest BCUT2D eigenvalue weighted by Crippen LogP contribution is 2.87. The van der Waals surface area contributed by atoms with E-state index in [0.717, 1.165) is 44.6 Å². The molecule has 7 atom stereocenters. The average Bonchev–Trinajstić information content (AvgIpc) is 3.41. The molecule has 2 saturated carbocycles. The van der Waals surface area contributed by atoms with Gasteiger partial charge in [-0.15, -0.1) is 0 Å². The summed E-state index contributed by atoms with van der Waals surface area (Å²) < 4.78 is 0. The molecule has 2 saturated heterocycles. The minimum atomic E-state index is 0.0460. The lowest BCUT2D eigenvalue weighted by molar-refractivity contribution is -0.303. The van der Waals surface area contributed by atoms with E-state index in [1.807, 2.05) is 36.4 Å². The van der Waals surface area contributed by atoms with Gasteiger partial charge in [-0.3, -0.25) is 9.69 Å². The highest BCUT2D eigenvalue weighted by atomic mass is 16.3. The summed E-state index contributed by atoms with van der Waals surface area (Å²) in [4.78, 5) is 21.0. The second-order valence-corrected chi connectivity index (χ2v) is 12.9. The van der Waals surface area contributed by atoms with Crippen molar-refractivity contribution in [3.63, 3.8) is 0 Å². The minimum Gasteiger partial charge on any atom is -0.508 e. The van der Waals surface area contributed by atoms with Crippen LogP contribution < -0.4 is 0 Å². The van der Waals surface area contributed by atoms with E-state index in [9.17, 15) is 9.90 Å². The Morgan fingerprint density at radius 1 is 1.17 bits per heavy atom. The van der Waals surface area contributed by atoms with Gasteiger partial charge in [-0.2, -0.15) is 0 Å². The van der Waals surface area contributed by atoms with Crippen molar-refractivity contribution < 1.29 is 9.90 Å². The molecule has 0 aromatic heterocycles. The van der Waals surface area contributed by atoms with Crippen LogP contribution in [0.25, 0.3) is 0 Å². The third-order valence-corrected chi connectivity index (χ3v) is 11.2.